The Morgan fingerprint density at radius 3 is 2.00 bits per heavy atom. The third-order valence-corrected chi connectivity index (χ3v) is 9.18. The highest BCUT2D eigenvalue weighted by Crippen LogP contribution is 2.40. The van der Waals surface area contributed by atoms with Gasteiger partial charge in [-0.05, 0) is 104 Å². The summed E-state index contributed by atoms with van der Waals surface area (Å²) in [7, 11) is 0. The van der Waals surface area contributed by atoms with Gasteiger partial charge in [0.05, 0.1) is 17.6 Å². The molecular formula is C34H34F2N2O3. The van der Waals surface area contributed by atoms with Crippen LogP contribution in [-0.2, 0) is 10.2 Å². The summed E-state index contributed by atoms with van der Waals surface area (Å²) in [5.74, 6) is -0.967. The smallest absolute Gasteiger partial charge is 0.253 e. The lowest BCUT2D eigenvalue weighted by molar-refractivity contribution is -0.129. The van der Waals surface area contributed by atoms with Crippen molar-refractivity contribution in [3.8, 4) is 11.1 Å². The van der Waals surface area contributed by atoms with Crippen LogP contribution in [-0.4, -0.2) is 47.1 Å². The molecule has 212 valence electrons. The average Bonchev–Trinajstić information content (AvgIpc) is 3.32. The molecule has 2 atom stereocenters. The van der Waals surface area contributed by atoms with Crippen molar-refractivity contribution in [2.24, 2.45) is 0 Å². The number of rotatable bonds is 5. The minimum absolute atomic E-state index is 0.119. The molecule has 3 aliphatic rings. The van der Waals surface area contributed by atoms with Crippen molar-refractivity contribution >= 4 is 11.8 Å². The van der Waals surface area contributed by atoms with Crippen molar-refractivity contribution in [2.45, 2.75) is 62.5 Å². The van der Waals surface area contributed by atoms with E-state index >= 15 is 0 Å². The van der Waals surface area contributed by atoms with Crippen LogP contribution in [0.4, 0.5) is 8.78 Å². The van der Waals surface area contributed by atoms with Crippen LogP contribution in [0.15, 0.2) is 83.9 Å². The van der Waals surface area contributed by atoms with Crippen LogP contribution in [0, 0.1) is 11.6 Å². The number of nitrogens with one attached hydrogen (secondary N) is 1. The summed E-state index contributed by atoms with van der Waals surface area (Å²) >= 11 is 0. The van der Waals surface area contributed by atoms with Crippen molar-refractivity contribution in [2.75, 3.05) is 13.1 Å². The molecule has 1 saturated heterocycles. The number of halogens is 2. The number of amides is 2. The normalized spacial score (nSPS) is 21.9. The molecule has 7 heteroatoms. The van der Waals surface area contributed by atoms with Gasteiger partial charge in [-0.25, -0.2) is 8.78 Å². The summed E-state index contributed by atoms with van der Waals surface area (Å²) in [5, 5.41) is 14.0. The summed E-state index contributed by atoms with van der Waals surface area (Å²) < 4.78 is 27.1. The number of piperidine rings is 1. The number of hydrogen-bond acceptors (Lipinski definition) is 3. The van der Waals surface area contributed by atoms with Gasteiger partial charge in [-0.2, -0.15) is 0 Å². The molecule has 0 spiro atoms. The summed E-state index contributed by atoms with van der Waals surface area (Å²) in [4.78, 5) is 29.2. The third-order valence-electron chi connectivity index (χ3n) is 9.18. The minimum Gasteiger partial charge on any atom is -0.390 e. The average molecular weight is 557 g/mol. The fourth-order valence-electron chi connectivity index (χ4n) is 6.80. The molecule has 6 rings (SSSR count). The molecule has 0 aromatic heterocycles. The van der Waals surface area contributed by atoms with Crippen LogP contribution in [0.1, 0.15) is 60.9 Å². The lowest BCUT2D eigenvalue weighted by Gasteiger charge is -2.42. The SMILES string of the molecule is O=C(c1ccc(-c2ccc(F)cc2)cc1)N1CCC(C(=O)N[C@H]2C3=C(CCCC3)CC2O)(c2ccc(F)cc2)CC1. The topological polar surface area (TPSA) is 69.6 Å². The van der Waals surface area contributed by atoms with Crippen LogP contribution < -0.4 is 5.32 Å². The second-order valence-electron chi connectivity index (χ2n) is 11.5. The van der Waals surface area contributed by atoms with Gasteiger partial charge in [0, 0.05) is 18.7 Å². The Morgan fingerprint density at radius 2 is 1.37 bits per heavy atom. The monoisotopic (exact) mass is 556 g/mol. The first kappa shape index (κ1) is 27.3. The van der Waals surface area contributed by atoms with E-state index in [4.69, 9.17) is 0 Å². The van der Waals surface area contributed by atoms with E-state index in [0.717, 1.165) is 42.4 Å². The van der Waals surface area contributed by atoms with Gasteiger partial charge in [0.15, 0.2) is 0 Å². The zero-order valence-corrected chi connectivity index (χ0v) is 22.9. The van der Waals surface area contributed by atoms with E-state index in [1.807, 2.05) is 12.1 Å². The van der Waals surface area contributed by atoms with Gasteiger partial charge >= 0.3 is 0 Å². The van der Waals surface area contributed by atoms with Crippen LogP contribution >= 0.6 is 0 Å². The van der Waals surface area contributed by atoms with E-state index in [1.165, 1.54) is 35.4 Å². The highest BCUT2D eigenvalue weighted by molar-refractivity contribution is 5.95. The van der Waals surface area contributed by atoms with E-state index < -0.39 is 17.6 Å². The van der Waals surface area contributed by atoms with Gasteiger partial charge in [-0.15, -0.1) is 0 Å². The summed E-state index contributed by atoms with van der Waals surface area (Å²) in [6.45, 7) is 0.731. The van der Waals surface area contributed by atoms with Crippen molar-refractivity contribution < 1.29 is 23.5 Å². The lowest BCUT2D eigenvalue weighted by atomic mass is 9.71. The van der Waals surface area contributed by atoms with Crippen LogP contribution in [0.25, 0.3) is 11.1 Å². The Morgan fingerprint density at radius 1 is 0.805 bits per heavy atom. The molecule has 0 saturated carbocycles. The first-order valence-electron chi connectivity index (χ1n) is 14.5. The molecule has 1 unspecified atom stereocenters. The van der Waals surface area contributed by atoms with Gasteiger partial charge in [0.2, 0.25) is 5.91 Å². The summed E-state index contributed by atoms with van der Waals surface area (Å²) in [5.41, 5.74) is 4.52. The molecule has 2 N–H and O–H groups in total. The van der Waals surface area contributed by atoms with E-state index in [9.17, 15) is 23.5 Å². The molecule has 3 aromatic carbocycles. The van der Waals surface area contributed by atoms with Crippen molar-refractivity contribution in [3.63, 3.8) is 0 Å². The maximum Gasteiger partial charge on any atom is 0.253 e. The van der Waals surface area contributed by atoms with Gasteiger partial charge in [-0.3, -0.25) is 9.59 Å². The van der Waals surface area contributed by atoms with Crippen molar-refractivity contribution in [1.82, 2.24) is 10.2 Å². The summed E-state index contributed by atoms with van der Waals surface area (Å²) in [6.07, 6.45) is 4.79. The predicted molar refractivity (Wildman–Crippen MR) is 153 cm³/mol. The van der Waals surface area contributed by atoms with E-state index in [2.05, 4.69) is 5.32 Å². The molecule has 1 fully saturated rings. The van der Waals surface area contributed by atoms with Gasteiger partial charge in [0.1, 0.15) is 11.6 Å². The molecular weight excluding hydrogens is 522 g/mol. The van der Waals surface area contributed by atoms with Gasteiger partial charge < -0.3 is 15.3 Å². The number of benzene rings is 3. The first-order valence-corrected chi connectivity index (χ1v) is 14.5. The molecule has 41 heavy (non-hydrogen) atoms. The second kappa shape index (κ2) is 11.2. The van der Waals surface area contributed by atoms with Crippen LogP contribution in [0.5, 0.6) is 0 Å². The Bertz CT molecular complexity index is 1460. The maximum absolute atomic E-state index is 14.1. The standard InChI is InChI=1S/C34H34F2N2O3/c35-27-13-9-23(10-14-27)22-5-7-24(8-6-22)32(40)38-19-17-34(18-20-38,26-11-15-28(36)16-12-26)33(41)37-31-29-4-2-1-3-25(29)21-30(31)39/h5-16,30-31,39H,1-4,17-21H2,(H,37,41)/t30?,31-/m0/s1. The Hall–Kier alpha value is -3.84. The molecule has 3 aromatic rings. The second-order valence-corrected chi connectivity index (χ2v) is 11.5. The number of hydrogen-bond donors (Lipinski definition) is 2. The molecule has 5 nitrogen and oxygen atoms in total. The Kier molecular flexibility index (Phi) is 7.47. The van der Waals surface area contributed by atoms with E-state index in [-0.39, 0.29) is 23.4 Å². The van der Waals surface area contributed by atoms with Crippen LogP contribution in [0.3, 0.4) is 0 Å². The molecule has 2 aliphatic carbocycles. The highest BCUT2D eigenvalue weighted by Gasteiger charge is 2.46. The van der Waals surface area contributed by atoms with E-state index in [0.29, 0.717) is 37.9 Å². The fourth-order valence-corrected chi connectivity index (χ4v) is 6.80. The zero-order chi connectivity index (χ0) is 28.6. The maximum atomic E-state index is 14.1. The van der Waals surface area contributed by atoms with Crippen molar-refractivity contribution in [1.29, 1.82) is 0 Å². The number of aliphatic hydroxyl groups is 1. The van der Waals surface area contributed by atoms with Gasteiger partial charge in [0.25, 0.3) is 5.91 Å². The predicted octanol–water partition coefficient (Wildman–Crippen LogP) is 5.93. The number of carbonyl (C=O) groups is 2. The van der Waals surface area contributed by atoms with Crippen LogP contribution in [0.2, 0.25) is 0 Å². The minimum atomic E-state index is -0.936. The lowest BCUT2D eigenvalue weighted by Crippen LogP contribution is -2.56. The fraction of sp³-hybridized carbons (Fsp3) is 0.353. The molecule has 0 radical (unpaired) electrons. The molecule has 0 bridgehead atoms. The van der Waals surface area contributed by atoms with Gasteiger partial charge in [-0.1, -0.05) is 42.0 Å². The number of aliphatic hydroxyl groups excluding tert-OH is 1. The Balaban J connectivity index is 1.20. The first-order chi connectivity index (χ1) is 19.8. The molecule has 1 aliphatic heterocycles. The number of likely N-dealkylation sites (tertiary alicyclic amines) is 1. The molecule has 1 heterocycles. The Labute approximate surface area is 238 Å². The zero-order valence-electron chi connectivity index (χ0n) is 22.9. The number of nitrogens with zero attached hydrogens (tertiary/aromatic N) is 1. The van der Waals surface area contributed by atoms with Crippen molar-refractivity contribution in [3.05, 3.63) is 107 Å². The van der Waals surface area contributed by atoms with E-state index in [1.54, 1.807) is 41.3 Å². The largest absolute Gasteiger partial charge is 0.390 e. The molecule has 2 amide bonds. The highest BCUT2D eigenvalue weighted by atomic mass is 19.1. The quantitative estimate of drug-likeness (QED) is 0.383. The number of carbonyl (C=O) groups excluding carboxylic acids is 2. The summed E-state index contributed by atoms with van der Waals surface area (Å²) in [6, 6.07) is 19.1. The third kappa shape index (κ3) is 5.31.